The van der Waals surface area contributed by atoms with E-state index < -0.39 is 6.04 Å². The quantitative estimate of drug-likeness (QED) is 0.728. The maximum absolute atomic E-state index is 12.0. The SMILES string of the molecule is Nc1ccccc1NC(=O)C(N)Cc1ccccc1. The summed E-state index contributed by atoms with van der Waals surface area (Å²) in [5, 5.41) is 2.74. The number of benzene rings is 2. The summed E-state index contributed by atoms with van der Waals surface area (Å²) in [6.45, 7) is 0. The van der Waals surface area contributed by atoms with Gasteiger partial charge in [0.1, 0.15) is 0 Å². The number of anilines is 2. The van der Waals surface area contributed by atoms with Crippen LogP contribution < -0.4 is 16.8 Å². The Bertz CT molecular complexity index is 554. The number of carbonyl (C=O) groups is 1. The topological polar surface area (TPSA) is 81.1 Å². The van der Waals surface area contributed by atoms with Crippen LogP contribution in [0.1, 0.15) is 5.56 Å². The molecule has 0 aliphatic carbocycles. The van der Waals surface area contributed by atoms with Crippen molar-refractivity contribution in [2.45, 2.75) is 12.5 Å². The second kappa shape index (κ2) is 6.02. The van der Waals surface area contributed by atoms with Gasteiger partial charge in [-0.3, -0.25) is 4.79 Å². The number of carbonyl (C=O) groups excluding carboxylic acids is 1. The Hall–Kier alpha value is -2.33. The average molecular weight is 255 g/mol. The van der Waals surface area contributed by atoms with Gasteiger partial charge in [-0.25, -0.2) is 0 Å². The van der Waals surface area contributed by atoms with Gasteiger partial charge in [-0.15, -0.1) is 0 Å². The molecule has 0 radical (unpaired) electrons. The lowest BCUT2D eigenvalue weighted by molar-refractivity contribution is -0.117. The van der Waals surface area contributed by atoms with Gasteiger partial charge in [0.25, 0.3) is 0 Å². The maximum atomic E-state index is 12.0. The third kappa shape index (κ3) is 3.56. The van der Waals surface area contributed by atoms with Crippen molar-refractivity contribution in [1.82, 2.24) is 0 Å². The van der Waals surface area contributed by atoms with Crippen molar-refractivity contribution in [1.29, 1.82) is 0 Å². The molecule has 0 aliphatic rings. The lowest BCUT2D eigenvalue weighted by atomic mass is 10.1. The summed E-state index contributed by atoms with van der Waals surface area (Å²) in [6.07, 6.45) is 0.499. The summed E-state index contributed by atoms with van der Waals surface area (Å²) in [5.74, 6) is -0.234. The van der Waals surface area contributed by atoms with Crippen molar-refractivity contribution in [3.05, 3.63) is 60.2 Å². The van der Waals surface area contributed by atoms with Crippen LogP contribution in [0, 0.1) is 0 Å². The number of rotatable bonds is 4. The molecule has 0 aliphatic heterocycles. The molecule has 2 rings (SSSR count). The van der Waals surface area contributed by atoms with E-state index in [2.05, 4.69) is 5.32 Å². The minimum atomic E-state index is -0.595. The van der Waals surface area contributed by atoms with Crippen molar-refractivity contribution in [2.75, 3.05) is 11.1 Å². The fraction of sp³-hybridized carbons (Fsp3) is 0.133. The summed E-state index contributed by atoms with van der Waals surface area (Å²) in [7, 11) is 0. The first-order chi connectivity index (χ1) is 9.16. The van der Waals surface area contributed by atoms with E-state index in [-0.39, 0.29) is 5.91 Å². The van der Waals surface area contributed by atoms with Crippen molar-refractivity contribution in [3.8, 4) is 0 Å². The molecule has 4 heteroatoms. The van der Waals surface area contributed by atoms with Crippen LogP contribution in [0.2, 0.25) is 0 Å². The highest BCUT2D eigenvalue weighted by molar-refractivity contribution is 5.97. The number of nitrogens with one attached hydrogen (secondary N) is 1. The molecule has 98 valence electrons. The molecule has 2 aromatic carbocycles. The van der Waals surface area contributed by atoms with Crippen LogP contribution in [-0.4, -0.2) is 11.9 Å². The number of amides is 1. The minimum Gasteiger partial charge on any atom is -0.397 e. The van der Waals surface area contributed by atoms with Crippen LogP contribution in [0.15, 0.2) is 54.6 Å². The van der Waals surface area contributed by atoms with Crippen molar-refractivity contribution >= 4 is 17.3 Å². The Labute approximate surface area is 112 Å². The molecule has 1 amide bonds. The predicted octanol–water partition coefficient (Wildman–Crippen LogP) is 1.78. The van der Waals surface area contributed by atoms with E-state index in [4.69, 9.17) is 11.5 Å². The normalized spacial score (nSPS) is 11.8. The monoisotopic (exact) mass is 255 g/mol. The number of para-hydroxylation sites is 2. The molecule has 0 heterocycles. The fourth-order valence-electron chi connectivity index (χ4n) is 1.80. The van der Waals surface area contributed by atoms with E-state index in [1.807, 2.05) is 42.5 Å². The zero-order valence-electron chi connectivity index (χ0n) is 10.5. The molecule has 0 saturated carbocycles. The molecule has 0 aromatic heterocycles. The molecular formula is C15H17N3O. The molecule has 2 aromatic rings. The Balaban J connectivity index is 1.99. The summed E-state index contributed by atoms with van der Waals surface area (Å²) in [4.78, 5) is 12.0. The highest BCUT2D eigenvalue weighted by Crippen LogP contribution is 2.17. The molecule has 0 bridgehead atoms. The summed E-state index contributed by atoms with van der Waals surface area (Å²) >= 11 is 0. The first-order valence-electron chi connectivity index (χ1n) is 6.11. The highest BCUT2D eigenvalue weighted by Gasteiger charge is 2.14. The second-order valence-electron chi connectivity index (χ2n) is 4.37. The molecule has 4 nitrogen and oxygen atoms in total. The van der Waals surface area contributed by atoms with Gasteiger partial charge in [-0.2, -0.15) is 0 Å². The summed E-state index contributed by atoms with van der Waals surface area (Å²) in [6, 6.07) is 16.2. The lowest BCUT2D eigenvalue weighted by Crippen LogP contribution is -2.37. The van der Waals surface area contributed by atoms with E-state index >= 15 is 0 Å². The third-order valence-electron chi connectivity index (χ3n) is 2.85. The molecule has 0 fully saturated rings. The molecule has 1 unspecified atom stereocenters. The van der Waals surface area contributed by atoms with Gasteiger partial charge in [0.05, 0.1) is 17.4 Å². The number of nitrogen functional groups attached to an aromatic ring is 1. The zero-order valence-corrected chi connectivity index (χ0v) is 10.5. The van der Waals surface area contributed by atoms with Crippen LogP contribution in [0.4, 0.5) is 11.4 Å². The van der Waals surface area contributed by atoms with Gasteiger partial charge < -0.3 is 16.8 Å². The fourth-order valence-corrected chi connectivity index (χ4v) is 1.80. The van der Waals surface area contributed by atoms with Gasteiger partial charge in [0.15, 0.2) is 0 Å². The number of nitrogens with two attached hydrogens (primary N) is 2. The highest BCUT2D eigenvalue weighted by atomic mass is 16.2. The van der Waals surface area contributed by atoms with E-state index in [1.165, 1.54) is 0 Å². The Morgan fingerprint density at radius 3 is 2.37 bits per heavy atom. The Kier molecular flexibility index (Phi) is 4.15. The summed E-state index contributed by atoms with van der Waals surface area (Å²) in [5.41, 5.74) is 13.8. The van der Waals surface area contributed by atoms with Crippen molar-refractivity contribution < 1.29 is 4.79 Å². The van der Waals surface area contributed by atoms with Crippen LogP contribution in [0.5, 0.6) is 0 Å². The molecule has 1 atom stereocenters. The van der Waals surface area contributed by atoms with E-state index in [0.717, 1.165) is 5.56 Å². The van der Waals surface area contributed by atoms with Crippen LogP contribution >= 0.6 is 0 Å². The standard InChI is InChI=1S/C15H17N3O/c16-12-8-4-5-9-14(12)18-15(19)13(17)10-11-6-2-1-3-7-11/h1-9,13H,10,16-17H2,(H,18,19). The zero-order chi connectivity index (χ0) is 13.7. The second-order valence-corrected chi connectivity index (χ2v) is 4.37. The predicted molar refractivity (Wildman–Crippen MR) is 77.6 cm³/mol. The lowest BCUT2D eigenvalue weighted by Gasteiger charge is -2.13. The Morgan fingerprint density at radius 2 is 1.68 bits per heavy atom. The molecular weight excluding hydrogens is 238 g/mol. The Morgan fingerprint density at radius 1 is 1.05 bits per heavy atom. The molecule has 5 N–H and O–H groups in total. The van der Waals surface area contributed by atoms with E-state index in [9.17, 15) is 4.79 Å². The van der Waals surface area contributed by atoms with Crippen molar-refractivity contribution in [3.63, 3.8) is 0 Å². The first kappa shape index (κ1) is 13.1. The van der Waals surface area contributed by atoms with Gasteiger partial charge in [0.2, 0.25) is 5.91 Å². The first-order valence-corrected chi connectivity index (χ1v) is 6.11. The van der Waals surface area contributed by atoms with Gasteiger partial charge >= 0.3 is 0 Å². The van der Waals surface area contributed by atoms with E-state index in [1.54, 1.807) is 12.1 Å². The van der Waals surface area contributed by atoms with Crippen molar-refractivity contribution in [2.24, 2.45) is 5.73 Å². The third-order valence-corrected chi connectivity index (χ3v) is 2.85. The number of hydrogen-bond donors (Lipinski definition) is 3. The summed E-state index contributed by atoms with van der Waals surface area (Å²) < 4.78 is 0. The largest absolute Gasteiger partial charge is 0.397 e. The molecule has 0 spiro atoms. The number of hydrogen-bond acceptors (Lipinski definition) is 3. The molecule has 0 saturated heterocycles. The van der Waals surface area contributed by atoms with Gasteiger partial charge in [-0.05, 0) is 24.1 Å². The van der Waals surface area contributed by atoms with Crippen LogP contribution in [0.3, 0.4) is 0 Å². The van der Waals surface area contributed by atoms with E-state index in [0.29, 0.717) is 17.8 Å². The van der Waals surface area contributed by atoms with Gasteiger partial charge in [0, 0.05) is 0 Å². The smallest absolute Gasteiger partial charge is 0.241 e. The molecule has 19 heavy (non-hydrogen) atoms. The van der Waals surface area contributed by atoms with Gasteiger partial charge in [-0.1, -0.05) is 42.5 Å². The average Bonchev–Trinajstić information content (AvgIpc) is 2.42. The van der Waals surface area contributed by atoms with Crippen LogP contribution in [0.25, 0.3) is 0 Å². The van der Waals surface area contributed by atoms with Crippen LogP contribution in [-0.2, 0) is 11.2 Å². The maximum Gasteiger partial charge on any atom is 0.241 e. The minimum absolute atomic E-state index is 0.234.